The number of nitrogens with one attached hydrogen (secondary N) is 2. The Balaban J connectivity index is 1.56. The molecule has 1 heterocycles. The highest BCUT2D eigenvalue weighted by molar-refractivity contribution is 5.79. The lowest BCUT2D eigenvalue weighted by atomic mass is 9.91. The van der Waals surface area contributed by atoms with Crippen LogP contribution in [0.25, 0.3) is 0 Å². The number of likely N-dealkylation sites (tertiary alicyclic amines) is 1. The molecule has 5 heteroatoms. The standard InChI is InChI=1S/C25H36N4O/c1-2-26-25(27-16-9-17-29-18-14-23(30)15-19-29)28-20-24(21-10-5-3-6-11-21)22-12-7-4-8-13-22/h3-8,10-13,23-24,30H,2,9,14-20H2,1H3,(H2,26,27,28). The second kappa shape index (κ2) is 12.4. The third kappa shape index (κ3) is 7.15. The lowest BCUT2D eigenvalue weighted by Gasteiger charge is -2.29. The minimum atomic E-state index is -0.103. The molecule has 2 aromatic rings. The van der Waals surface area contributed by atoms with Gasteiger partial charge in [0.05, 0.1) is 12.6 Å². The van der Waals surface area contributed by atoms with Crippen molar-refractivity contribution in [1.29, 1.82) is 0 Å². The van der Waals surface area contributed by atoms with E-state index in [1.54, 1.807) is 0 Å². The monoisotopic (exact) mass is 408 g/mol. The first kappa shape index (κ1) is 22.3. The summed E-state index contributed by atoms with van der Waals surface area (Å²) >= 11 is 0. The van der Waals surface area contributed by atoms with Crippen LogP contribution in [0.3, 0.4) is 0 Å². The topological polar surface area (TPSA) is 59.9 Å². The zero-order valence-corrected chi connectivity index (χ0v) is 18.1. The summed E-state index contributed by atoms with van der Waals surface area (Å²) in [5.41, 5.74) is 2.58. The lowest BCUT2D eigenvalue weighted by molar-refractivity contribution is 0.0823. The molecule has 2 aromatic carbocycles. The van der Waals surface area contributed by atoms with Crippen molar-refractivity contribution in [2.75, 3.05) is 39.3 Å². The summed E-state index contributed by atoms with van der Waals surface area (Å²) in [6.45, 7) is 7.62. The molecule has 0 aromatic heterocycles. The Bertz CT molecular complexity index is 703. The van der Waals surface area contributed by atoms with E-state index >= 15 is 0 Å². The summed E-state index contributed by atoms with van der Waals surface area (Å²) in [5, 5.41) is 16.5. The predicted molar refractivity (Wildman–Crippen MR) is 125 cm³/mol. The molecular formula is C25H36N4O. The summed E-state index contributed by atoms with van der Waals surface area (Å²) in [4.78, 5) is 7.35. The number of aliphatic imine (C=N–C) groups is 1. The molecule has 3 N–H and O–H groups in total. The Labute approximate surface area is 181 Å². The fraction of sp³-hybridized carbons (Fsp3) is 0.480. The van der Waals surface area contributed by atoms with Crippen molar-refractivity contribution < 1.29 is 5.11 Å². The van der Waals surface area contributed by atoms with Crippen LogP contribution in [-0.2, 0) is 0 Å². The van der Waals surface area contributed by atoms with Gasteiger partial charge in [0, 0.05) is 32.1 Å². The van der Waals surface area contributed by atoms with Crippen LogP contribution in [-0.4, -0.2) is 61.3 Å². The number of rotatable bonds is 9. The van der Waals surface area contributed by atoms with E-state index in [-0.39, 0.29) is 12.0 Å². The molecule has 0 atom stereocenters. The minimum Gasteiger partial charge on any atom is -0.393 e. The molecule has 0 spiro atoms. The molecule has 0 unspecified atom stereocenters. The van der Waals surface area contributed by atoms with E-state index in [0.29, 0.717) is 6.54 Å². The Hall–Kier alpha value is -2.37. The first-order valence-electron chi connectivity index (χ1n) is 11.3. The van der Waals surface area contributed by atoms with Crippen LogP contribution < -0.4 is 10.6 Å². The molecule has 1 aliphatic heterocycles. The van der Waals surface area contributed by atoms with Gasteiger partial charge in [-0.1, -0.05) is 60.7 Å². The zero-order valence-electron chi connectivity index (χ0n) is 18.1. The van der Waals surface area contributed by atoms with Crippen molar-refractivity contribution in [2.24, 2.45) is 4.99 Å². The number of benzene rings is 2. The van der Waals surface area contributed by atoms with E-state index in [2.05, 4.69) is 83.1 Å². The Morgan fingerprint density at radius 2 is 1.60 bits per heavy atom. The minimum absolute atomic E-state index is 0.103. The Morgan fingerprint density at radius 3 is 2.17 bits per heavy atom. The first-order valence-corrected chi connectivity index (χ1v) is 11.3. The van der Waals surface area contributed by atoms with Crippen molar-refractivity contribution >= 4 is 5.96 Å². The third-order valence-corrected chi connectivity index (χ3v) is 5.68. The second-order valence-electron chi connectivity index (χ2n) is 7.95. The molecule has 1 aliphatic rings. The van der Waals surface area contributed by atoms with Gasteiger partial charge >= 0.3 is 0 Å². The lowest BCUT2D eigenvalue weighted by Crippen LogP contribution is -2.40. The van der Waals surface area contributed by atoms with Crippen LogP contribution in [0, 0.1) is 0 Å². The SMILES string of the molecule is CCNC(=NCC(c1ccccc1)c1ccccc1)NCCCN1CCC(O)CC1. The molecule has 1 fully saturated rings. The number of hydrogen-bond acceptors (Lipinski definition) is 3. The molecule has 30 heavy (non-hydrogen) atoms. The normalized spacial score (nSPS) is 16.0. The first-order chi connectivity index (χ1) is 14.8. The van der Waals surface area contributed by atoms with Gasteiger partial charge in [-0.05, 0) is 43.9 Å². The van der Waals surface area contributed by atoms with Crippen molar-refractivity contribution in [3.05, 3.63) is 71.8 Å². The van der Waals surface area contributed by atoms with E-state index in [0.717, 1.165) is 57.9 Å². The molecule has 0 saturated carbocycles. The van der Waals surface area contributed by atoms with Gasteiger partial charge in [0.2, 0.25) is 0 Å². The summed E-state index contributed by atoms with van der Waals surface area (Å²) in [6.07, 6.45) is 2.77. The van der Waals surface area contributed by atoms with E-state index in [9.17, 15) is 5.11 Å². The van der Waals surface area contributed by atoms with E-state index < -0.39 is 0 Å². The van der Waals surface area contributed by atoms with E-state index in [4.69, 9.17) is 4.99 Å². The van der Waals surface area contributed by atoms with Gasteiger partial charge in [-0.15, -0.1) is 0 Å². The maximum absolute atomic E-state index is 9.64. The maximum atomic E-state index is 9.64. The van der Waals surface area contributed by atoms with Crippen molar-refractivity contribution in [3.63, 3.8) is 0 Å². The van der Waals surface area contributed by atoms with Crippen LogP contribution in [0.5, 0.6) is 0 Å². The summed E-state index contributed by atoms with van der Waals surface area (Å²) in [5.74, 6) is 1.12. The van der Waals surface area contributed by atoms with E-state index in [1.807, 2.05) is 0 Å². The van der Waals surface area contributed by atoms with Gasteiger partial charge in [0.1, 0.15) is 0 Å². The van der Waals surface area contributed by atoms with Crippen LogP contribution >= 0.6 is 0 Å². The largest absolute Gasteiger partial charge is 0.393 e. The average Bonchev–Trinajstić information content (AvgIpc) is 2.79. The second-order valence-corrected chi connectivity index (χ2v) is 7.95. The number of nitrogens with zero attached hydrogens (tertiary/aromatic N) is 2. The number of piperidine rings is 1. The smallest absolute Gasteiger partial charge is 0.191 e. The van der Waals surface area contributed by atoms with Gasteiger partial charge in [-0.25, -0.2) is 0 Å². The molecule has 5 nitrogen and oxygen atoms in total. The highest BCUT2D eigenvalue weighted by atomic mass is 16.3. The number of aliphatic hydroxyl groups excluding tert-OH is 1. The zero-order chi connectivity index (χ0) is 21.0. The van der Waals surface area contributed by atoms with Gasteiger partial charge < -0.3 is 20.6 Å². The van der Waals surface area contributed by atoms with Gasteiger partial charge in [-0.3, -0.25) is 4.99 Å². The molecule has 1 saturated heterocycles. The fourth-order valence-electron chi connectivity index (χ4n) is 3.95. The predicted octanol–water partition coefficient (Wildman–Crippen LogP) is 3.22. The van der Waals surface area contributed by atoms with Crippen LogP contribution in [0.15, 0.2) is 65.7 Å². The summed E-state index contributed by atoms with van der Waals surface area (Å²) in [6, 6.07) is 21.2. The maximum Gasteiger partial charge on any atom is 0.191 e. The van der Waals surface area contributed by atoms with Crippen LogP contribution in [0.1, 0.15) is 43.2 Å². The Morgan fingerprint density at radius 1 is 1.00 bits per heavy atom. The average molecular weight is 409 g/mol. The highest BCUT2D eigenvalue weighted by Crippen LogP contribution is 2.24. The number of guanidine groups is 1. The molecule has 0 amide bonds. The van der Waals surface area contributed by atoms with Crippen LogP contribution in [0.4, 0.5) is 0 Å². The molecule has 162 valence electrons. The Kier molecular flexibility index (Phi) is 9.19. The third-order valence-electron chi connectivity index (χ3n) is 5.68. The molecule has 0 radical (unpaired) electrons. The molecule has 0 bridgehead atoms. The van der Waals surface area contributed by atoms with Crippen molar-refractivity contribution in [2.45, 2.75) is 38.2 Å². The fourth-order valence-corrected chi connectivity index (χ4v) is 3.95. The van der Waals surface area contributed by atoms with Crippen LogP contribution in [0.2, 0.25) is 0 Å². The number of aliphatic hydroxyl groups is 1. The van der Waals surface area contributed by atoms with Gasteiger partial charge in [0.15, 0.2) is 5.96 Å². The summed E-state index contributed by atoms with van der Waals surface area (Å²) < 4.78 is 0. The molecular weight excluding hydrogens is 372 g/mol. The van der Waals surface area contributed by atoms with Crippen molar-refractivity contribution in [3.8, 4) is 0 Å². The molecule has 3 rings (SSSR count). The summed E-state index contributed by atoms with van der Waals surface area (Å²) in [7, 11) is 0. The van der Waals surface area contributed by atoms with Crippen molar-refractivity contribution in [1.82, 2.24) is 15.5 Å². The molecule has 0 aliphatic carbocycles. The van der Waals surface area contributed by atoms with Gasteiger partial charge in [0.25, 0.3) is 0 Å². The number of hydrogen-bond donors (Lipinski definition) is 3. The quantitative estimate of drug-likeness (QED) is 0.339. The van der Waals surface area contributed by atoms with E-state index in [1.165, 1.54) is 11.1 Å². The van der Waals surface area contributed by atoms with Gasteiger partial charge in [-0.2, -0.15) is 0 Å². The highest BCUT2D eigenvalue weighted by Gasteiger charge is 2.16.